The van der Waals surface area contributed by atoms with Crippen LogP contribution in [0.4, 0.5) is 0 Å². The van der Waals surface area contributed by atoms with Gasteiger partial charge in [-0.25, -0.2) is 0 Å². The molecule has 0 fully saturated rings. The zero-order chi connectivity index (χ0) is 28.7. The molecule has 0 radical (unpaired) electrons. The lowest BCUT2D eigenvalue weighted by atomic mass is 9.41. The number of ketones is 3. The molecule has 4 N–H and O–H groups in total. The maximum Gasteiger partial charge on any atom is 0.305 e. The van der Waals surface area contributed by atoms with E-state index in [1.165, 1.54) is 13.0 Å². The van der Waals surface area contributed by atoms with E-state index in [0.717, 1.165) is 6.92 Å². The second kappa shape index (κ2) is 8.53. The van der Waals surface area contributed by atoms with Crippen molar-refractivity contribution in [1.82, 2.24) is 0 Å². The Hall–Kier alpha value is -3.46. The van der Waals surface area contributed by atoms with Gasteiger partial charge in [-0.2, -0.15) is 0 Å². The second-order valence-electron chi connectivity index (χ2n) is 11.4. The number of aliphatic hydroxyl groups excluding tert-OH is 2. The van der Waals surface area contributed by atoms with Gasteiger partial charge in [0.15, 0.2) is 17.2 Å². The first-order valence-electron chi connectivity index (χ1n) is 12.8. The Morgan fingerprint density at radius 2 is 1.71 bits per heavy atom. The third-order valence-corrected chi connectivity index (χ3v) is 9.19. The molecule has 3 aliphatic carbocycles. The summed E-state index contributed by atoms with van der Waals surface area (Å²) in [6.07, 6.45) is -1.48. The first kappa shape index (κ1) is 27.6. The van der Waals surface area contributed by atoms with E-state index < -0.39 is 80.7 Å². The molecule has 1 aromatic rings. The number of rotatable bonds is 4. The highest BCUT2D eigenvalue weighted by molar-refractivity contribution is 6.25. The molecule has 0 bridgehead atoms. The number of Topliss-reactive ketones (excluding diaryl/α,β-unsaturated/α-hetero) is 3. The Bertz CT molecular complexity index is 1350. The molecule has 0 heterocycles. The monoisotopic (exact) mass is 526 g/mol. The summed E-state index contributed by atoms with van der Waals surface area (Å²) in [5.41, 5.74) is -7.03. The molecule has 0 spiro atoms. The van der Waals surface area contributed by atoms with Crippen molar-refractivity contribution in [3.8, 4) is 5.75 Å². The van der Waals surface area contributed by atoms with Crippen molar-refractivity contribution in [3.63, 3.8) is 0 Å². The predicted molar refractivity (Wildman–Crippen MR) is 136 cm³/mol. The number of allylic oxidation sites excluding steroid dienone is 1. The molecule has 0 aliphatic heterocycles. The average Bonchev–Trinajstić information content (AvgIpc) is 2.82. The molecule has 9 nitrogen and oxygen atoms in total. The zero-order valence-electron chi connectivity index (χ0n) is 22.6. The van der Waals surface area contributed by atoms with E-state index >= 15 is 0 Å². The van der Waals surface area contributed by atoms with Crippen LogP contribution in [-0.4, -0.2) is 55.5 Å². The average molecular weight is 527 g/mol. The van der Waals surface area contributed by atoms with E-state index in [1.54, 1.807) is 46.8 Å². The molecular weight excluding hydrogens is 492 g/mol. The molecule has 0 amide bonds. The Morgan fingerprint density at radius 1 is 1.11 bits per heavy atom. The van der Waals surface area contributed by atoms with Crippen LogP contribution in [0.15, 0.2) is 40.9 Å². The number of benzene rings is 1. The minimum absolute atomic E-state index is 0.0629. The van der Waals surface area contributed by atoms with Crippen molar-refractivity contribution in [1.29, 1.82) is 0 Å². The summed E-state index contributed by atoms with van der Waals surface area (Å²) >= 11 is 0. The van der Waals surface area contributed by atoms with Crippen molar-refractivity contribution < 1.29 is 44.3 Å². The second-order valence-corrected chi connectivity index (χ2v) is 11.4. The van der Waals surface area contributed by atoms with Gasteiger partial charge in [-0.3, -0.25) is 19.2 Å². The van der Waals surface area contributed by atoms with Crippen LogP contribution in [-0.2, 0) is 19.1 Å². The molecule has 1 unspecified atom stereocenters. The summed E-state index contributed by atoms with van der Waals surface area (Å²) in [6, 6.07) is 4.53. The minimum Gasteiger partial charge on any atom is -0.511 e. The number of carbonyl (C=O) groups excluding carboxylic acids is 4. The van der Waals surface area contributed by atoms with Crippen molar-refractivity contribution >= 4 is 23.3 Å². The third-order valence-electron chi connectivity index (χ3n) is 9.19. The van der Waals surface area contributed by atoms with Gasteiger partial charge in [0.1, 0.15) is 28.9 Å². The van der Waals surface area contributed by atoms with Gasteiger partial charge >= 0.3 is 5.97 Å². The van der Waals surface area contributed by atoms with Gasteiger partial charge in [0.25, 0.3) is 0 Å². The van der Waals surface area contributed by atoms with Gasteiger partial charge in [0.2, 0.25) is 5.78 Å². The Kier molecular flexibility index (Phi) is 6.19. The summed E-state index contributed by atoms with van der Waals surface area (Å²) in [6.45, 7) is 10.8. The molecule has 38 heavy (non-hydrogen) atoms. The van der Waals surface area contributed by atoms with Crippen molar-refractivity contribution in [2.45, 2.75) is 72.5 Å². The van der Waals surface area contributed by atoms with Gasteiger partial charge in [0.05, 0.1) is 16.6 Å². The van der Waals surface area contributed by atoms with Crippen LogP contribution in [0.3, 0.4) is 0 Å². The molecule has 0 saturated heterocycles. The fourth-order valence-corrected chi connectivity index (χ4v) is 7.33. The number of phenolic OH excluding ortho intramolecular Hbond substituents is 1. The van der Waals surface area contributed by atoms with Crippen LogP contribution < -0.4 is 0 Å². The van der Waals surface area contributed by atoms with Gasteiger partial charge in [-0.05, 0) is 30.4 Å². The summed E-state index contributed by atoms with van der Waals surface area (Å²) in [5.74, 6) is -7.82. The largest absolute Gasteiger partial charge is 0.511 e. The van der Waals surface area contributed by atoms with Crippen LogP contribution in [0, 0.1) is 22.7 Å². The maximum absolute atomic E-state index is 14.0. The molecule has 204 valence electrons. The molecular formula is C29H34O9. The van der Waals surface area contributed by atoms with Crippen LogP contribution in [0.5, 0.6) is 5.75 Å². The maximum atomic E-state index is 14.0. The smallest absolute Gasteiger partial charge is 0.305 e. The lowest BCUT2D eigenvalue weighted by Crippen LogP contribution is -2.74. The zero-order valence-corrected chi connectivity index (χ0v) is 22.6. The quantitative estimate of drug-likeness (QED) is 0.338. The Labute approximate surface area is 220 Å². The lowest BCUT2D eigenvalue weighted by Gasteiger charge is -2.63. The van der Waals surface area contributed by atoms with Gasteiger partial charge in [0, 0.05) is 17.8 Å². The van der Waals surface area contributed by atoms with Crippen LogP contribution in [0.2, 0.25) is 0 Å². The summed E-state index contributed by atoms with van der Waals surface area (Å²) < 4.78 is 6.01. The summed E-state index contributed by atoms with van der Waals surface area (Å²) in [4.78, 5) is 53.3. The SMILES string of the molecule is CCC(=O)O[C@@H]1[C@]2(C)C(=C(O)[C@@]3(O)C(=O)C(C(C)=O)=C(O)C(C(C)C)[C@@]13C)C(=O)c1c(O)cccc1[C@H]2C. The van der Waals surface area contributed by atoms with E-state index in [1.807, 2.05) is 0 Å². The number of phenols is 1. The normalized spacial score (nSPS) is 34.6. The van der Waals surface area contributed by atoms with Crippen LogP contribution >= 0.6 is 0 Å². The van der Waals surface area contributed by atoms with Gasteiger partial charge in [-0.15, -0.1) is 0 Å². The molecule has 4 rings (SSSR count). The summed E-state index contributed by atoms with van der Waals surface area (Å²) in [5, 5.41) is 46.1. The fourth-order valence-electron chi connectivity index (χ4n) is 7.33. The first-order chi connectivity index (χ1) is 17.5. The third kappa shape index (κ3) is 3.02. The molecule has 6 atom stereocenters. The Morgan fingerprint density at radius 3 is 2.24 bits per heavy atom. The van der Waals surface area contributed by atoms with E-state index in [-0.39, 0.29) is 23.3 Å². The molecule has 1 aromatic carbocycles. The molecule has 3 aliphatic rings. The number of esters is 1. The first-order valence-corrected chi connectivity index (χ1v) is 12.8. The number of aliphatic hydroxyl groups is 3. The number of carbonyl (C=O) groups is 4. The summed E-state index contributed by atoms with van der Waals surface area (Å²) in [7, 11) is 0. The van der Waals surface area contributed by atoms with Crippen LogP contribution in [0.1, 0.15) is 76.7 Å². The van der Waals surface area contributed by atoms with Gasteiger partial charge < -0.3 is 25.2 Å². The highest BCUT2D eigenvalue weighted by Gasteiger charge is 2.77. The number of hydrogen-bond donors (Lipinski definition) is 4. The molecule has 0 saturated carbocycles. The standard InChI is InChI=1S/C29H34O9/c1-8-17(32)38-26-27(6)13(4)15-10-9-11-16(31)19(15)23(34)21(27)25(36)29(37)24(35)18(14(5)30)22(33)20(12(2)3)28(26,29)7/h9-13,20,26,31,33,36-37H,8H2,1-7H3/t13-,20?,26-,27+,28+,29+/m1/s1. The fraction of sp³-hybridized carbons (Fsp3) is 0.517. The highest BCUT2D eigenvalue weighted by atomic mass is 16.5. The molecule has 9 heteroatoms. The number of fused-ring (bicyclic) bond motifs is 3. The number of aromatic hydroxyl groups is 1. The lowest BCUT2D eigenvalue weighted by molar-refractivity contribution is -0.224. The van der Waals surface area contributed by atoms with Crippen molar-refractivity contribution in [3.05, 3.63) is 52.0 Å². The minimum atomic E-state index is -2.90. The molecule has 0 aromatic heterocycles. The van der Waals surface area contributed by atoms with Crippen LogP contribution in [0.25, 0.3) is 0 Å². The van der Waals surface area contributed by atoms with Gasteiger partial charge in [-0.1, -0.05) is 53.7 Å². The topological polar surface area (TPSA) is 158 Å². The number of ether oxygens (including phenoxy) is 1. The highest BCUT2D eigenvalue weighted by Crippen LogP contribution is 2.68. The van der Waals surface area contributed by atoms with Crippen molar-refractivity contribution in [2.75, 3.05) is 0 Å². The van der Waals surface area contributed by atoms with E-state index in [9.17, 15) is 39.6 Å². The number of hydrogen-bond acceptors (Lipinski definition) is 9. The van der Waals surface area contributed by atoms with E-state index in [4.69, 9.17) is 4.74 Å². The predicted octanol–water partition coefficient (Wildman–Crippen LogP) is 3.84. The van der Waals surface area contributed by atoms with Crippen molar-refractivity contribution in [2.24, 2.45) is 22.7 Å². The Balaban J connectivity index is 2.23. The van der Waals surface area contributed by atoms with E-state index in [2.05, 4.69) is 0 Å². The van der Waals surface area contributed by atoms with E-state index in [0.29, 0.717) is 5.56 Å².